The number of carbonyl (C=O) groups excluding carboxylic acids is 1. The number of aryl methyl sites for hydroxylation is 1. The Balaban J connectivity index is 2.36. The third kappa shape index (κ3) is 3.61. The topological polar surface area (TPSA) is 58.6 Å². The molecule has 0 radical (unpaired) electrons. The van der Waals surface area contributed by atoms with Crippen molar-refractivity contribution in [3.8, 4) is 5.75 Å². The van der Waals surface area contributed by atoms with Crippen LogP contribution in [-0.2, 0) is 4.79 Å². The summed E-state index contributed by atoms with van der Waals surface area (Å²) in [4.78, 5) is 12.0. The molecule has 0 fully saturated rings. The molecule has 0 spiro atoms. The summed E-state index contributed by atoms with van der Waals surface area (Å²) in [7, 11) is 0. The number of rotatable bonds is 5. The maximum absolute atomic E-state index is 12.0. The Kier molecular flexibility index (Phi) is 5.46. The van der Waals surface area contributed by atoms with E-state index in [4.69, 9.17) is 4.74 Å². The summed E-state index contributed by atoms with van der Waals surface area (Å²) in [6.07, 6.45) is 1.87. The van der Waals surface area contributed by atoms with Crippen LogP contribution in [0.25, 0.3) is 0 Å². The Labute approximate surface area is 132 Å². The van der Waals surface area contributed by atoms with Crippen LogP contribution in [0.15, 0.2) is 12.1 Å². The summed E-state index contributed by atoms with van der Waals surface area (Å²) in [5.74, 6) is 0.767. The van der Waals surface area contributed by atoms with Crippen molar-refractivity contribution in [1.82, 2.24) is 5.32 Å². The summed E-state index contributed by atoms with van der Waals surface area (Å²) < 4.78 is 5.84. The van der Waals surface area contributed by atoms with Gasteiger partial charge >= 0.3 is 0 Å². The second-order valence-corrected chi connectivity index (χ2v) is 6.43. The fourth-order valence-electron chi connectivity index (χ4n) is 2.85. The highest BCUT2D eigenvalue weighted by atomic mass is 16.5. The average molecular weight is 305 g/mol. The number of ether oxygens (including phenoxy) is 1. The van der Waals surface area contributed by atoms with E-state index < -0.39 is 6.10 Å². The van der Waals surface area contributed by atoms with Crippen molar-refractivity contribution in [3.63, 3.8) is 0 Å². The van der Waals surface area contributed by atoms with E-state index in [0.717, 1.165) is 35.3 Å². The lowest BCUT2D eigenvalue weighted by molar-refractivity contribution is -0.124. The summed E-state index contributed by atoms with van der Waals surface area (Å²) in [5, 5.41) is 13.5. The number of hydrogen-bond donors (Lipinski definition) is 2. The molecular weight excluding hydrogens is 278 g/mol. The zero-order chi connectivity index (χ0) is 16.3. The van der Waals surface area contributed by atoms with Gasteiger partial charge in [0.1, 0.15) is 5.75 Å². The lowest BCUT2D eigenvalue weighted by atomic mass is 9.92. The second-order valence-electron chi connectivity index (χ2n) is 6.43. The minimum Gasteiger partial charge on any atom is -0.493 e. The minimum absolute atomic E-state index is 0.0360. The number of benzene rings is 1. The number of aliphatic hydroxyl groups excluding tert-OH is 1. The zero-order valence-corrected chi connectivity index (χ0v) is 14.0. The van der Waals surface area contributed by atoms with Gasteiger partial charge in [0.15, 0.2) is 0 Å². The van der Waals surface area contributed by atoms with Gasteiger partial charge in [0.2, 0.25) is 5.91 Å². The van der Waals surface area contributed by atoms with Crippen molar-refractivity contribution in [1.29, 1.82) is 0 Å². The third-order valence-corrected chi connectivity index (χ3v) is 4.08. The summed E-state index contributed by atoms with van der Waals surface area (Å²) >= 11 is 0. The first-order valence-electron chi connectivity index (χ1n) is 8.19. The maximum Gasteiger partial charge on any atom is 0.223 e. The molecule has 1 aromatic carbocycles. The van der Waals surface area contributed by atoms with Gasteiger partial charge in [-0.15, -0.1) is 0 Å². The molecule has 0 saturated heterocycles. The van der Waals surface area contributed by atoms with Gasteiger partial charge in [0, 0.05) is 23.5 Å². The van der Waals surface area contributed by atoms with Gasteiger partial charge in [0.25, 0.3) is 0 Å². The van der Waals surface area contributed by atoms with E-state index in [0.29, 0.717) is 13.0 Å². The molecule has 1 aliphatic heterocycles. The van der Waals surface area contributed by atoms with Crippen LogP contribution in [0.3, 0.4) is 0 Å². The number of amides is 1. The molecule has 2 rings (SSSR count). The van der Waals surface area contributed by atoms with Crippen LogP contribution in [0.5, 0.6) is 5.75 Å². The average Bonchev–Trinajstić information content (AvgIpc) is 2.47. The third-order valence-electron chi connectivity index (χ3n) is 4.08. The lowest BCUT2D eigenvalue weighted by Gasteiger charge is -2.30. The quantitative estimate of drug-likeness (QED) is 0.876. The molecule has 0 saturated carbocycles. The highest BCUT2D eigenvalue weighted by molar-refractivity contribution is 5.78. The van der Waals surface area contributed by atoms with Crippen LogP contribution in [0, 0.1) is 12.8 Å². The van der Waals surface area contributed by atoms with Crippen LogP contribution in [0.2, 0.25) is 0 Å². The predicted molar refractivity (Wildman–Crippen MR) is 86.9 cm³/mol. The Bertz CT molecular complexity index is 539. The Morgan fingerprint density at radius 3 is 2.82 bits per heavy atom. The molecule has 1 aliphatic rings. The second kappa shape index (κ2) is 7.14. The highest BCUT2D eigenvalue weighted by Crippen LogP contribution is 2.39. The summed E-state index contributed by atoms with van der Waals surface area (Å²) in [6.45, 7) is 8.41. The number of fused-ring (bicyclic) bond motifs is 1. The van der Waals surface area contributed by atoms with Crippen molar-refractivity contribution in [3.05, 3.63) is 28.8 Å². The van der Waals surface area contributed by atoms with Crippen molar-refractivity contribution >= 4 is 5.91 Å². The van der Waals surface area contributed by atoms with Gasteiger partial charge in [-0.2, -0.15) is 0 Å². The molecule has 22 heavy (non-hydrogen) atoms. The van der Waals surface area contributed by atoms with Gasteiger partial charge in [-0.1, -0.05) is 38.8 Å². The molecule has 122 valence electrons. The standard InChI is InChI=1S/C18H27NO3/c1-5-6-16(20)14-10-12(4)9-13-15(7-8-22-17(13)14)19-18(21)11(2)3/h9-11,15-16,20H,5-8H2,1-4H3,(H,19,21). The lowest BCUT2D eigenvalue weighted by Crippen LogP contribution is -2.35. The molecule has 0 aromatic heterocycles. The monoisotopic (exact) mass is 305 g/mol. The number of hydrogen-bond acceptors (Lipinski definition) is 3. The Morgan fingerprint density at radius 1 is 1.45 bits per heavy atom. The van der Waals surface area contributed by atoms with Crippen LogP contribution in [0.4, 0.5) is 0 Å². The normalized spacial score (nSPS) is 18.5. The van der Waals surface area contributed by atoms with Crippen molar-refractivity contribution in [2.24, 2.45) is 5.92 Å². The van der Waals surface area contributed by atoms with E-state index in [1.54, 1.807) is 0 Å². The van der Waals surface area contributed by atoms with E-state index in [9.17, 15) is 9.90 Å². The maximum atomic E-state index is 12.0. The van der Waals surface area contributed by atoms with E-state index in [1.165, 1.54) is 0 Å². The Hall–Kier alpha value is -1.55. The van der Waals surface area contributed by atoms with Gasteiger partial charge in [-0.3, -0.25) is 4.79 Å². The van der Waals surface area contributed by atoms with Crippen LogP contribution < -0.4 is 10.1 Å². The van der Waals surface area contributed by atoms with E-state index in [1.807, 2.05) is 26.8 Å². The first-order valence-corrected chi connectivity index (χ1v) is 8.19. The molecule has 1 amide bonds. The Morgan fingerprint density at radius 2 is 2.18 bits per heavy atom. The van der Waals surface area contributed by atoms with Gasteiger partial charge < -0.3 is 15.2 Å². The number of aliphatic hydroxyl groups is 1. The van der Waals surface area contributed by atoms with E-state index in [-0.39, 0.29) is 17.9 Å². The molecule has 0 aliphatic carbocycles. The van der Waals surface area contributed by atoms with Crippen molar-refractivity contribution in [2.75, 3.05) is 6.61 Å². The SMILES string of the molecule is CCCC(O)c1cc(C)cc2c1OCCC2NC(=O)C(C)C. The summed E-state index contributed by atoms with van der Waals surface area (Å²) in [6, 6.07) is 4.01. The van der Waals surface area contributed by atoms with Crippen LogP contribution >= 0.6 is 0 Å². The number of nitrogens with one attached hydrogen (secondary N) is 1. The zero-order valence-electron chi connectivity index (χ0n) is 14.0. The minimum atomic E-state index is -0.516. The van der Waals surface area contributed by atoms with Crippen molar-refractivity contribution < 1.29 is 14.6 Å². The van der Waals surface area contributed by atoms with Crippen LogP contribution in [-0.4, -0.2) is 17.6 Å². The van der Waals surface area contributed by atoms with Gasteiger partial charge in [0.05, 0.1) is 18.8 Å². The van der Waals surface area contributed by atoms with Crippen molar-refractivity contribution in [2.45, 2.75) is 59.1 Å². The molecule has 0 bridgehead atoms. The molecule has 1 aromatic rings. The van der Waals surface area contributed by atoms with Crippen LogP contribution in [0.1, 0.15) is 68.9 Å². The molecule has 2 atom stereocenters. The summed E-state index contributed by atoms with van der Waals surface area (Å²) in [5.41, 5.74) is 2.92. The number of carbonyl (C=O) groups is 1. The first kappa shape index (κ1) is 16.8. The molecule has 2 N–H and O–H groups in total. The van der Waals surface area contributed by atoms with Gasteiger partial charge in [-0.05, 0) is 19.4 Å². The van der Waals surface area contributed by atoms with E-state index in [2.05, 4.69) is 18.3 Å². The highest BCUT2D eigenvalue weighted by Gasteiger charge is 2.28. The fourth-order valence-corrected chi connectivity index (χ4v) is 2.85. The molecule has 1 heterocycles. The van der Waals surface area contributed by atoms with Gasteiger partial charge in [-0.25, -0.2) is 0 Å². The largest absolute Gasteiger partial charge is 0.493 e. The predicted octanol–water partition coefficient (Wildman–Crippen LogP) is 3.42. The molecule has 4 nitrogen and oxygen atoms in total. The molecular formula is C18H27NO3. The van der Waals surface area contributed by atoms with E-state index >= 15 is 0 Å². The smallest absolute Gasteiger partial charge is 0.223 e. The molecule has 2 unspecified atom stereocenters. The first-order chi connectivity index (χ1) is 10.4. The molecule has 4 heteroatoms. The fraction of sp³-hybridized carbons (Fsp3) is 0.611.